The predicted octanol–water partition coefficient (Wildman–Crippen LogP) is 5.36. The Labute approximate surface area is 131 Å². The minimum Gasteiger partial charge on any atom is -0.313 e. The molecule has 0 amide bonds. The Balaban J connectivity index is 2.23. The summed E-state index contributed by atoms with van der Waals surface area (Å²) in [4.78, 5) is 2.46. The van der Waals surface area contributed by atoms with E-state index in [0.29, 0.717) is 0 Å². The van der Waals surface area contributed by atoms with E-state index < -0.39 is 0 Å². The van der Waals surface area contributed by atoms with Crippen molar-refractivity contribution < 1.29 is 0 Å². The lowest BCUT2D eigenvalue weighted by atomic mass is 10.2. The van der Waals surface area contributed by atoms with Crippen LogP contribution in [0.15, 0.2) is 56.7 Å². The van der Waals surface area contributed by atoms with Crippen molar-refractivity contribution in [2.24, 2.45) is 0 Å². The van der Waals surface area contributed by atoms with Crippen LogP contribution in [0.5, 0.6) is 0 Å². The Morgan fingerprint density at radius 1 is 1.21 bits per heavy atom. The molecule has 0 fully saturated rings. The standard InChI is InChI=1S/C15H15BrClNS/c1-2-18-10-11-8-13(17)6-7-15(11)19-14-5-3-4-12(16)9-14/h3-9,18H,2,10H2,1H3. The summed E-state index contributed by atoms with van der Waals surface area (Å²) in [6, 6.07) is 14.4. The molecular formula is C15H15BrClNS. The second kappa shape index (κ2) is 7.34. The van der Waals surface area contributed by atoms with Crippen molar-refractivity contribution in [2.75, 3.05) is 6.54 Å². The van der Waals surface area contributed by atoms with E-state index in [4.69, 9.17) is 11.6 Å². The number of hydrogen-bond acceptors (Lipinski definition) is 2. The fourth-order valence-electron chi connectivity index (χ4n) is 1.70. The first kappa shape index (κ1) is 14.9. The smallest absolute Gasteiger partial charge is 0.0410 e. The quantitative estimate of drug-likeness (QED) is 0.773. The molecule has 0 unspecified atom stereocenters. The van der Waals surface area contributed by atoms with Crippen LogP contribution in [0.25, 0.3) is 0 Å². The molecule has 1 nitrogen and oxygen atoms in total. The first-order chi connectivity index (χ1) is 9.19. The molecule has 0 aliphatic carbocycles. The van der Waals surface area contributed by atoms with Crippen molar-refractivity contribution in [1.29, 1.82) is 0 Å². The number of halogens is 2. The molecule has 2 rings (SSSR count). The van der Waals surface area contributed by atoms with Crippen LogP contribution < -0.4 is 5.32 Å². The van der Waals surface area contributed by atoms with Gasteiger partial charge in [-0.1, -0.05) is 52.3 Å². The van der Waals surface area contributed by atoms with Crippen LogP contribution in [-0.2, 0) is 6.54 Å². The van der Waals surface area contributed by atoms with Crippen molar-refractivity contribution in [1.82, 2.24) is 5.32 Å². The molecule has 1 N–H and O–H groups in total. The zero-order chi connectivity index (χ0) is 13.7. The maximum atomic E-state index is 6.08. The van der Waals surface area contributed by atoms with E-state index in [1.54, 1.807) is 11.8 Å². The highest BCUT2D eigenvalue weighted by Gasteiger charge is 2.05. The minimum atomic E-state index is 0.784. The molecular weight excluding hydrogens is 342 g/mol. The average molecular weight is 357 g/mol. The number of hydrogen-bond donors (Lipinski definition) is 1. The monoisotopic (exact) mass is 355 g/mol. The van der Waals surface area contributed by atoms with Crippen molar-refractivity contribution in [3.8, 4) is 0 Å². The van der Waals surface area contributed by atoms with Gasteiger partial charge in [0.25, 0.3) is 0 Å². The van der Waals surface area contributed by atoms with Gasteiger partial charge in [-0.25, -0.2) is 0 Å². The molecule has 0 atom stereocenters. The van der Waals surface area contributed by atoms with Gasteiger partial charge in [-0.15, -0.1) is 0 Å². The van der Waals surface area contributed by atoms with Crippen molar-refractivity contribution in [2.45, 2.75) is 23.3 Å². The molecule has 0 spiro atoms. The van der Waals surface area contributed by atoms with Gasteiger partial charge in [-0.3, -0.25) is 0 Å². The summed E-state index contributed by atoms with van der Waals surface area (Å²) in [6.07, 6.45) is 0. The second-order valence-corrected chi connectivity index (χ2v) is 6.56. The van der Waals surface area contributed by atoms with Gasteiger partial charge in [-0.05, 0) is 48.5 Å². The van der Waals surface area contributed by atoms with Crippen molar-refractivity contribution >= 4 is 39.3 Å². The average Bonchev–Trinajstić information content (AvgIpc) is 2.39. The van der Waals surface area contributed by atoms with Crippen LogP contribution >= 0.6 is 39.3 Å². The van der Waals surface area contributed by atoms with E-state index in [9.17, 15) is 0 Å². The van der Waals surface area contributed by atoms with Crippen LogP contribution in [0.2, 0.25) is 5.02 Å². The molecule has 0 saturated carbocycles. The molecule has 0 bridgehead atoms. The first-order valence-electron chi connectivity index (χ1n) is 6.11. The van der Waals surface area contributed by atoms with E-state index in [0.717, 1.165) is 22.6 Å². The highest BCUT2D eigenvalue weighted by molar-refractivity contribution is 9.10. The molecule has 0 aliphatic rings. The van der Waals surface area contributed by atoms with Gasteiger partial charge in [0.2, 0.25) is 0 Å². The Morgan fingerprint density at radius 2 is 2.05 bits per heavy atom. The van der Waals surface area contributed by atoms with Gasteiger partial charge < -0.3 is 5.32 Å². The Kier molecular flexibility index (Phi) is 5.76. The summed E-state index contributed by atoms with van der Waals surface area (Å²) < 4.78 is 1.10. The molecule has 0 radical (unpaired) electrons. The van der Waals surface area contributed by atoms with Gasteiger partial charge >= 0.3 is 0 Å². The highest BCUT2D eigenvalue weighted by atomic mass is 79.9. The van der Waals surface area contributed by atoms with Gasteiger partial charge in [0, 0.05) is 25.8 Å². The zero-order valence-electron chi connectivity index (χ0n) is 10.6. The van der Waals surface area contributed by atoms with Crippen LogP contribution in [0.4, 0.5) is 0 Å². The summed E-state index contributed by atoms with van der Waals surface area (Å²) in [7, 11) is 0. The summed E-state index contributed by atoms with van der Waals surface area (Å²) in [5, 5.41) is 4.13. The van der Waals surface area contributed by atoms with Gasteiger partial charge in [-0.2, -0.15) is 0 Å². The topological polar surface area (TPSA) is 12.0 Å². The summed E-state index contributed by atoms with van der Waals surface area (Å²) >= 11 is 11.3. The van der Waals surface area contributed by atoms with E-state index in [-0.39, 0.29) is 0 Å². The van der Waals surface area contributed by atoms with Crippen molar-refractivity contribution in [3.05, 3.63) is 57.5 Å². The van der Waals surface area contributed by atoms with Gasteiger partial charge in [0.1, 0.15) is 0 Å². The molecule has 2 aromatic rings. The van der Waals surface area contributed by atoms with Crippen LogP contribution in [0.3, 0.4) is 0 Å². The Morgan fingerprint density at radius 3 is 2.79 bits per heavy atom. The lowest BCUT2D eigenvalue weighted by Gasteiger charge is -2.10. The van der Waals surface area contributed by atoms with Gasteiger partial charge in [0.15, 0.2) is 0 Å². The van der Waals surface area contributed by atoms with E-state index in [2.05, 4.69) is 46.4 Å². The summed E-state index contributed by atoms with van der Waals surface area (Å²) in [5.74, 6) is 0. The van der Waals surface area contributed by atoms with E-state index >= 15 is 0 Å². The molecule has 0 aromatic heterocycles. The molecule has 100 valence electrons. The number of nitrogens with one attached hydrogen (secondary N) is 1. The largest absolute Gasteiger partial charge is 0.313 e. The maximum absolute atomic E-state index is 6.08. The van der Waals surface area contributed by atoms with E-state index in [1.165, 1.54) is 15.4 Å². The fourth-order valence-corrected chi connectivity index (χ4v) is 3.43. The Bertz CT molecular complexity index is 560. The lowest BCUT2D eigenvalue weighted by molar-refractivity contribution is 0.718. The number of benzene rings is 2. The molecule has 0 heterocycles. The van der Waals surface area contributed by atoms with Crippen LogP contribution in [0.1, 0.15) is 12.5 Å². The molecule has 2 aromatic carbocycles. The maximum Gasteiger partial charge on any atom is 0.0410 e. The SMILES string of the molecule is CCNCc1cc(Cl)ccc1Sc1cccc(Br)c1. The van der Waals surface area contributed by atoms with Crippen LogP contribution in [-0.4, -0.2) is 6.54 Å². The first-order valence-corrected chi connectivity index (χ1v) is 8.10. The molecule has 4 heteroatoms. The van der Waals surface area contributed by atoms with Crippen molar-refractivity contribution in [3.63, 3.8) is 0 Å². The summed E-state index contributed by atoms with van der Waals surface area (Å²) in [5.41, 5.74) is 1.24. The molecule has 0 aliphatic heterocycles. The van der Waals surface area contributed by atoms with Crippen LogP contribution in [0, 0.1) is 0 Å². The van der Waals surface area contributed by atoms with Gasteiger partial charge in [0.05, 0.1) is 0 Å². The van der Waals surface area contributed by atoms with E-state index in [1.807, 2.05) is 24.3 Å². The third-order valence-electron chi connectivity index (χ3n) is 2.61. The predicted molar refractivity (Wildman–Crippen MR) is 87.1 cm³/mol. The Hall–Kier alpha value is -0.480. The fraction of sp³-hybridized carbons (Fsp3) is 0.200. The number of rotatable bonds is 5. The second-order valence-electron chi connectivity index (χ2n) is 4.09. The molecule has 0 saturated heterocycles. The lowest BCUT2D eigenvalue weighted by Crippen LogP contribution is -2.12. The minimum absolute atomic E-state index is 0.784. The third kappa shape index (κ3) is 4.53. The highest BCUT2D eigenvalue weighted by Crippen LogP contribution is 2.33. The third-order valence-corrected chi connectivity index (χ3v) is 4.45. The normalized spacial score (nSPS) is 10.7. The summed E-state index contributed by atoms with van der Waals surface area (Å²) in [6.45, 7) is 3.90. The molecule has 19 heavy (non-hydrogen) atoms. The zero-order valence-corrected chi connectivity index (χ0v) is 13.8.